The lowest BCUT2D eigenvalue weighted by molar-refractivity contribution is 0.207. The summed E-state index contributed by atoms with van der Waals surface area (Å²) in [5.74, 6) is 2.78. The average molecular weight is 528 g/mol. The van der Waals surface area contributed by atoms with Crippen LogP contribution in [0.3, 0.4) is 0 Å². The average Bonchev–Trinajstić information content (AvgIpc) is 3.51. The van der Waals surface area contributed by atoms with Crippen molar-refractivity contribution in [2.24, 2.45) is 4.99 Å². The van der Waals surface area contributed by atoms with Gasteiger partial charge in [-0.1, -0.05) is 0 Å². The number of benzene rings is 1. The second-order valence-corrected chi connectivity index (χ2v) is 8.53. The summed E-state index contributed by atoms with van der Waals surface area (Å²) in [6.07, 6.45) is 9.10. The number of halogens is 1. The molecule has 3 aliphatic rings. The number of rotatable bonds is 6. The molecule has 1 aliphatic carbocycles. The van der Waals surface area contributed by atoms with Gasteiger partial charge in [-0.3, -0.25) is 9.89 Å². The Morgan fingerprint density at radius 3 is 2.57 bits per heavy atom. The molecular formula is C23H37IN4O2. The summed E-state index contributed by atoms with van der Waals surface area (Å²) in [6.45, 7) is 5.39. The maximum absolute atomic E-state index is 6.34. The summed E-state index contributed by atoms with van der Waals surface area (Å²) in [7, 11) is 3.59. The molecular weight excluding hydrogens is 491 g/mol. The molecule has 2 aliphatic heterocycles. The van der Waals surface area contributed by atoms with Crippen LogP contribution in [-0.2, 0) is 6.54 Å². The van der Waals surface area contributed by atoms with Crippen molar-refractivity contribution in [3.63, 3.8) is 0 Å². The first-order valence-electron chi connectivity index (χ1n) is 11.3. The predicted molar refractivity (Wildman–Crippen MR) is 132 cm³/mol. The van der Waals surface area contributed by atoms with Crippen molar-refractivity contribution in [2.45, 2.75) is 63.6 Å². The Kier molecular flexibility index (Phi) is 8.92. The van der Waals surface area contributed by atoms with E-state index in [4.69, 9.17) is 9.47 Å². The highest BCUT2D eigenvalue weighted by atomic mass is 127. The van der Waals surface area contributed by atoms with Gasteiger partial charge in [0, 0.05) is 44.4 Å². The summed E-state index contributed by atoms with van der Waals surface area (Å²) in [4.78, 5) is 9.62. The van der Waals surface area contributed by atoms with Crippen LogP contribution in [0.5, 0.6) is 11.5 Å². The summed E-state index contributed by atoms with van der Waals surface area (Å²) in [5, 5.41) is 3.58. The Morgan fingerprint density at radius 2 is 1.87 bits per heavy atom. The van der Waals surface area contributed by atoms with Crippen molar-refractivity contribution in [1.82, 2.24) is 15.1 Å². The van der Waals surface area contributed by atoms with Gasteiger partial charge in [0.05, 0.1) is 13.2 Å². The Hall–Kier alpha value is -1.22. The molecule has 0 spiro atoms. The molecule has 4 rings (SSSR count). The summed E-state index contributed by atoms with van der Waals surface area (Å²) >= 11 is 0. The lowest BCUT2D eigenvalue weighted by Crippen LogP contribution is -2.42. The number of methoxy groups -OCH3 is 1. The molecule has 1 N–H and O–H groups in total. The number of nitrogens with one attached hydrogen (secondary N) is 1. The SMILES string of the molecule is CN=C(NCc1ccc(OC)cc1OC1CCCC1)N1CCC(N2CCCC2)C1.I. The zero-order chi connectivity index (χ0) is 20.1. The Bertz CT molecular complexity index is 702. The Balaban J connectivity index is 0.00000256. The van der Waals surface area contributed by atoms with Crippen molar-refractivity contribution in [1.29, 1.82) is 0 Å². The van der Waals surface area contributed by atoms with E-state index in [1.54, 1.807) is 7.11 Å². The second-order valence-electron chi connectivity index (χ2n) is 8.53. The number of ether oxygens (including phenoxy) is 2. The van der Waals surface area contributed by atoms with Gasteiger partial charge in [-0.25, -0.2) is 0 Å². The van der Waals surface area contributed by atoms with Crippen LogP contribution in [0.1, 0.15) is 50.5 Å². The maximum atomic E-state index is 6.34. The third kappa shape index (κ3) is 5.72. The molecule has 30 heavy (non-hydrogen) atoms. The number of likely N-dealkylation sites (tertiary alicyclic amines) is 2. The highest BCUT2D eigenvalue weighted by molar-refractivity contribution is 14.0. The number of hydrogen-bond acceptors (Lipinski definition) is 4. The van der Waals surface area contributed by atoms with Gasteiger partial charge in [0.2, 0.25) is 0 Å². The fraction of sp³-hybridized carbons (Fsp3) is 0.696. The molecule has 1 unspecified atom stereocenters. The smallest absolute Gasteiger partial charge is 0.193 e. The van der Waals surface area contributed by atoms with E-state index in [2.05, 4.69) is 26.2 Å². The molecule has 0 radical (unpaired) electrons. The van der Waals surface area contributed by atoms with Gasteiger partial charge in [-0.15, -0.1) is 24.0 Å². The zero-order valence-electron chi connectivity index (χ0n) is 18.4. The standard InChI is InChI=1S/C23H36N4O2.HI/c1-24-23(27-14-11-19(17-27)26-12-5-6-13-26)25-16-18-9-10-21(28-2)15-22(18)29-20-7-3-4-8-20;/h9-10,15,19-20H,3-8,11-14,16-17H2,1-2H3,(H,24,25);1H. The second kappa shape index (κ2) is 11.4. The molecule has 168 valence electrons. The lowest BCUT2D eigenvalue weighted by Gasteiger charge is -2.26. The van der Waals surface area contributed by atoms with Crippen LogP contribution in [0.4, 0.5) is 0 Å². The number of hydrogen-bond donors (Lipinski definition) is 1. The molecule has 3 fully saturated rings. The molecule has 0 amide bonds. The lowest BCUT2D eigenvalue weighted by atomic mass is 10.2. The van der Waals surface area contributed by atoms with Gasteiger partial charge in [0.25, 0.3) is 0 Å². The van der Waals surface area contributed by atoms with Crippen LogP contribution in [0.2, 0.25) is 0 Å². The zero-order valence-corrected chi connectivity index (χ0v) is 20.8. The van der Waals surface area contributed by atoms with E-state index in [0.29, 0.717) is 18.7 Å². The highest BCUT2D eigenvalue weighted by Gasteiger charge is 2.30. The van der Waals surface area contributed by atoms with Crippen molar-refractivity contribution in [3.8, 4) is 11.5 Å². The molecule has 1 aromatic rings. The fourth-order valence-electron chi connectivity index (χ4n) is 4.95. The van der Waals surface area contributed by atoms with Crippen LogP contribution >= 0.6 is 24.0 Å². The highest BCUT2D eigenvalue weighted by Crippen LogP contribution is 2.30. The minimum absolute atomic E-state index is 0. The predicted octanol–water partition coefficient (Wildman–Crippen LogP) is 3.88. The van der Waals surface area contributed by atoms with Gasteiger partial charge in [-0.2, -0.15) is 0 Å². The van der Waals surface area contributed by atoms with Gasteiger partial charge >= 0.3 is 0 Å². The number of nitrogens with zero attached hydrogens (tertiary/aromatic N) is 3. The summed E-state index contributed by atoms with van der Waals surface area (Å²) < 4.78 is 11.8. The van der Waals surface area contributed by atoms with Gasteiger partial charge in [0.1, 0.15) is 11.5 Å². The fourth-order valence-corrected chi connectivity index (χ4v) is 4.95. The van der Waals surface area contributed by atoms with E-state index in [1.807, 2.05) is 19.2 Å². The van der Waals surface area contributed by atoms with Crippen LogP contribution in [-0.4, -0.2) is 68.2 Å². The first kappa shape index (κ1) is 23.4. The third-order valence-electron chi connectivity index (χ3n) is 6.64. The monoisotopic (exact) mass is 528 g/mol. The third-order valence-corrected chi connectivity index (χ3v) is 6.64. The Morgan fingerprint density at radius 1 is 1.10 bits per heavy atom. The van der Waals surface area contributed by atoms with Crippen molar-refractivity contribution in [3.05, 3.63) is 23.8 Å². The van der Waals surface area contributed by atoms with Crippen molar-refractivity contribution < 1.29 is 9.47 Å². The van der Waals surface area contributed by atoms with Gasteiger partial charge < -0.3 is 19.7 Å². The normalized spacial score (nSPS) is 22.9. The van der Waals surface area contributed by atoms with Crippen LogP contribution in [0, 0.1) is 0 Å². The minimum Gasteiger partial charge on any atom is -0.497 e. The van der Waals surface area contributed by atoms with Crippen LogP contribution in [0.15, 0.2) is 23.2 Å². The topological polar surface area (TPSA) is 49.3 Å². The quantitative estimate of drug-likeness (QED) is 0.345. The van der Waals surface area contributed by atoms with Gasteiger partial charge in [-0.05, 0) is 70.2 Å². The first-order valence-corrected chi connectivity index (χ1v) is 11.3. The molecule has 0 aromatic heterocycles. The van der Waals surface area contributed by atoms with E-state index < -0.39 is 0 Å². The number of aliphatic imine (C=N–C) groups is 1. The first-order chi connectivity index (χ1) is 14.3. The largest absolute Gasteiger partial charge is 0.497 e. The van der Waals surface area contributed by atoms with E-state index in [1.165, 1.54) is 45.2 Å². The van der Waals surface area contributed by atoms with Crippen molar-refractivity contribution >= 4 is 29.9 Å². The molecule has 1 atom stereocenters. The molecule has 1 aromatic carbocycles. The molecule has 2 saturated heterocycles. The molecule has 7 heteroatoms. The molecule has 1 saturated carbocycles. The van der Waals surface area contributed by atoms with Gasteiger partial charge in [0.15, 0.2) is 5.96 Å². The molecule has 2 heterocycles. The minimum atomic E-state index is 0. The van der Waals surface area contributed by atoms with E-state index in [-0.39, 0.29) is 24.0 Å². The Labute approximate surface area is 198 Å². The van der Waals surface area contributed by atoms with Crippen LogP contribution in [0.25, 0.3) is 0 Å². The van der Waals surface area contributed by atoms with Crippen molar-refractivity contribution in [2.75, 3.05) is 40.3 Å². The van der Waals surface area contributed by atoms with E-state index in [0.717, 1.165) is 49.0 Å². The van der Waals surface area contributed by atoms with Crippen LogP contribution < -0.4 is 14.8 Å². The summed E-state index contributed by atoms with van der Waals surface area (Å²) in [6, 6.07) is 6.83. The van der Waals surface area contributed by atoms with E-state index in [9.17, 15) is 0 Å². The summed E-state index contributed by atoms with van der Waals surface area (Å²) in [5.41, 5.74) is 1.16. The molecule has 0 bridgehead atoms. The van der Waals surface area contributed by atoms with E-state index >= 15 is 0 Å². The number of guanidine groups is 1. The molecule has 6 nitrogen and oxygen atoms in total. The maximum Gasteiger partial charge on any atom is 0.193 e.